The lowest BCUT2D eigenvalue weighted by atomic mass is 10.2. The van der Waals surface area contributed by atoms with Crippen LogP contribution in [-0.4, -0.2) is 52.7 Å². The van der Waals surface area contributed by atoms with E-state index >= 15 is 0 Å². The Balaban J connectivity index is 1.40. The zero-order valence-corrected chi connectivity index (χ0v) is 23.5. The first-order chi connectivity index (χ1) is 18.4. The maximum absolute atomic E-state index is 14.0. The number of para-hydroxylation sites is 1. The Labute approximate surface area is 230 Å². The first-order valence-corrected chi connectivity index (χ1v) is 16.3. The predicted molar refractivity (Wildman–Crippen MR) is 154 cm³/mol. The molecule has 3 unspecified atom stereocenters. The van der Waals surface area contributed by atoms with E-state index in [0.717, 1.165) is 5.56 Å². The topological polar surface area (TPSA) is 144 Å². The number of aromatic nitrogens is 2. The van der Waals surface area contributed by atoms with Gasteiger partial charge in [-0.1, -0.05) is 70.1 Å². The minimum absolute atomic E-state index is 0.192. The van der Waals surface area contributed by atoms with Gasteiger partial charge in [0, 0.05) is 18.1 Å². The van der Waals surface area contributed by atoms with Crippen molar-refractivity contribution >= 4 is 46.5 Å². The molecule has 38 heavy (non-hydrogen) atoms. The summed E-state index contributed by atoms with van der Waals surface area (Å²) in [6.07, 6.45) is 0.0285. The minimum atomic E-state index is -3.73. The first-order valence-electron chi connectivity index (χ1n) is 12.1. The second kappa shape index (κ2) is 14.1. The Bertz CT molecular complexity index is 1200. The molecule has 4 rings (SSSR count). The number of hydrogen-bond donors (Lipinski definition) is 3. The van der Waals surface area contributed by atoms with Gasteiger partial charge in [-0.15, -0.1) is 0 Å². The van der Waals surface area contributed by atoms with Crippen molar-refractivity contribution in [2.75, 3.05) is 41.2 Å². The summed E-state index contributed by atoms with van der Waals surface area (Å²) in [5.74, 6) is 2.35. The Hall–Kier alpha value is -2.47. The van der Waals surface area contributed by atoms with Gasteiger partial charge in [0.05, 0.1) is 18.8 Å². The summed E-state index contributed by atoms with van der Waals surface area (Å²) in [6.45, 7) is 2.61. The Kier molecular flexibility index (Phi) is 10.6. The normalized spacial score (nSPS) is 19.8. The van der Waals surface area contributed by atoms with Gasteiger partial charge in [-0.25, -0.2) is 14.5 Å². The van der Waals surface area contributed by atoms with E-state index in [1.54, 1.807) is 33.7 Å². The van der Waals surface area contributed by atoms with Gasteiger partial charge in [0.25, 0.3) is 0 Å². The average Bonchev–Trinajstić information content (AvgIpc) is 2.93. The monoisotopic (exact) mass is 577 g/mol. The molecule has 1 aliphatic rings. The Morgan fingerprint density at radius 1 is 1.03 bits per heavy atom. The lowest BCUT2D eigenvalue weighted by Crippen LogP contribution is -2.38. The van der Waals surface area contributed by atoms with Crippen molar-refractivity contribution in [3.05, 3.63) is 72.6 Å². The quantitative estimate of drug-likeness (QED) is 0.185. The van der Waals surface area contributed by atoms with E-state index in [9.17, 15) is 4.57 Å². The smallest absolute Gasteiger partial charge is 0.405 e. The van der Waals surface area contributed by atoms with Crippen LogP contribution in [0.5, 0.6) is 5.75 Å². The summed E-state index contributed by atoms with van der Waals surface area (Å²) in [4.78, 5) is 7.95. The van der Waals surface area contributed by atoms with Gasteiger partial charge in [-0.3, -0.25) is 4.52 Å². The molecule has 1 aromatic heterocycles. The van der Waals surface area contributed by atoms with Gasteiger partial charge in [-0.05, 0) is 24.6 Å². The number of nitrogens with zero attached hydrogens (tertiary/aromatic N) is 2. The highest BCUT2D eigenvalue weighted by atomic mass is 33.1. The molecule has 204 valence electrons. The van der Waals surface area contributed by atoms with Gasteiger partial charge >= 0.3 is 7.60 Å². The summed E-state index contributed by atoms with van der Waals surface area (Å²) in [5, 5.41) is 3.08. The molecule has 0 bridgehead atoms. The van der Waals surface area contributed by atoms with Crippen LogP contribution >= 0.6 is 29.2 Å². The summed E-state index contributed by atoms with van der Waals surface area (Å²) in [7, 11) is -0.365. The van der Waals surface area contributed by atoms with Crippen LogP contribution in [0.1, 0.15) is 12.5 Å². The predicted octanol–water partition coefficient (Wildman–Crippen LogP) is 5.05. The molecule has 13 heteroatoms. The summed E-state index contributed by atoms with van der Waals surface area (Å²) in [5.41, 5.74) is 13.0. The lowest BCUT2D eigenvalue weighted by Gasteiger charge is -2.33. The van der Waals surface area contributed by atoms with Crippen molar-refractivity contribution in [3.8, 4) is 5.75 Å². The number of anilines is 3. The maximum Gasteiger partial charge on any atom is 0.405 e. The molecule has 1 saturated heterocycles. The molecule has 0 radical (unpaired) electrons. The van der Waals surface area contributed by atoms with Gasteiger partial charge in [-0.2, -0.15) is 0 Å². The third-order valence-electron chi connectivity index (χ3n) is 5.54. The first kappa shape index (κ1) is 28.5. The van der Waals surface area contributed by atoms with Crippen LogP contribution in [0.15, 0.2) is 67.0 Å². The molecule has 3 aromatic rings. The molecule has 2 heterocycles. The highest BCUT2D eigenvalue weighted by molar-refractivity contribution is 8.76. The van der Waals surface area contributed by atoms with E-state index in [0.29, 0.717) is 36.2 Å². The number of nitrogens with one attached hydrogen (secondary N) is 1. The van der Waals surface area contributed by atoms with E-state index in [1.807, 2.05) is 55.5 Å². The molecule has 4 atom stereocenters. The molecule has 1 aliphatic heterocycles. The largest absolute Gasteiger partial charge is 0.423 e. The van der Waals surface area contributed by atoms with Gasteiger partial charge in [0.2, 0.25) is 0 Å². The van der Waals surface area contributed by atoms with Crippen LogP contribution in [0.3, 0.4) is 0 Å². The molecule has 10 nitrogen and oxygen atoms in total. The van der Waals surface area contributed by atoms with Gasteiger partial charge in [0.1, 0.15) is 23.9 Å². The van der Waals surface area contributed by atoms with Gasteiger partial charge in [0.15, 0.2) is 18.0 Å². The molecule has 0 spiro atoms. The van der Waals surface area contributed by atoms with Crippen molar-refractivity contribution in [1.82, 2.24) is 9.97 Å². The lowest BCUT2D eigenvalue weighted by molar-refractivity contribution is -0.0186. The molecular weight excluding hydrogens is 545 g/mol. The van der Waals surface area contributed by atoms with Crippen molar-refractivity contribution in [2.45, 2.75) is 31.8 Å². The Morgan fingerprint density at radius 2 is 1.71 bits per heavy atom. The zero-order chi connectivity index (χ0) is 26.8. The third kappa shape index (κ3) is 8.52. The fourth-order valence-corrected chi connectivity index (χ4v) is 7.67. The molecule has 0 amide bonds. The van der Waals surface area contributed by atoms with Crippen LogP contribution in [-0.2, 0) is 25.2 Å². The summed E-state index contributed by atoms with van der Waals surface area (Å²) >= 11 is 0. The van der Waals surface area contributed by atoms with E-state index < -0.39 is 13.7 Å². The van der Waals surface area contributed by atoms with Crippen molar-refractivity contribution in [1.29, 1.82) is 0 Å². The number of nitrogens with two attached hydrogens (primary N) is 2. The number of hydrogen-bond acceptors (Lipinski definition) is 12. The number of ether oxygens (including phenoxy) is 2. The second-order valence-electron chi connectivity index (χ2n) is 8.57. The number of benzene rings is 2. The van der Waals surface area contributed by atoms with Gasteiger partial charge < -0.3 is 30.8 Å². The number of rotatable bonds is 13. The molecule has 2 aromatic carbocycles. The minimum Gasteiger partial charge on any atom is -0.423 e. The second-order valence-corrected chi connectivity index (χ2v) is 13.0. The highest BCUT2D eigenvalue weighted by Gasteiger charge is 2.37. The van der Waals surface area contributed by atoms with E-state index in [-0.39, 0.29) is 30.1 Å². The van der Waals surface area contributed by atoms with Crippen LogP contribution in [0, 0.1) is 0 Å². The van der Waals surface area contributed by atoms with Crippen LogP contribution in [0.25, 0.3) is 0 Å². The standard InChI is InChI=1S/C25H32N5O5PS2/c1-18(12-28-25-23(26)24(27)29-16-30-25)33-17-36(31,34-20-10-6-3-7-11-20)35-22-15-38-37-14-21(22)32-13-19-8-4-2-5-9-19/h2-11,16,18,21-22H,12-15,17,26H2,1H3,(H3,27,28,29,30)/t18-,21?,22?,36?/m1/s1. The molecule has 5 N–H and O–H groups in total. The fraction of sp³-hybridized carbons (Fsp3) is 0.360. The Morgan fingerprint density at radius 3 is 2.45 bits per heavy atom. The number of nitrogen functional groups attached to an aromatic ring is 2. The summed E-state index contributed by atoms with van der Waals surface area (Å²) in [6, 6.07) is 18.9. The van der Waals surface area contributed by atoms with Crippen molar-refractivity contribution < 1.29 is 23.1 Å². The SMILES string of the molecule is C[C@H](CNc1ncnc(N)c1N)OCP(=O)(Oc1ccccc1)OC1CSSCC1OCc1ccccc1. The zero-order valence-electron chi connectivity index (χ0n) is 21.0. The van der Waals surface area contributed by atoms with Crippen molar-refractivity contribution in [2.24, 2.45) is 0 Å². The average molecular weight is 578 g/mol. The van der Waals surface area contributed by atoms with E-state index in [2.05, 4.69) is 15.3 Å². The maximum atomic E-state index is 14.0. The molecular formula is C25H32N5O5PS2. The molecule has 0 aliphatic carbocycles. The molecule has 0 saturated carbocycles. The molecule has 1 fully saturated rings. The van der Waals surface area contributed by atoms with Crippen LogP contribution in [0.4, 0.5) is 17.3 Å². The van der Waals surface area contributed by atoms with Crippen molar-refractivity contribution in [3.63, 3.8) is 0 Å². The fourth-order valence-electron chi connectivity index (χ4n) is 3.47. The van der Waals surface area contributed by atoms with E-state index in [4.69, 9.17) is 30.0 Å². The van der Waals surface area contributed by atoms with E-state index in [1.165, 1.54) is 6.33 Å². The van der Waals surface area contributed by atoms with Crippen LogP contribution < -0.4 is 21.3 Å². The van der Waals surface area contributed by atoms with Crippen LogP contribution in [0.2, 0.25) is 0 Å². The highest BCUT2D eigenvalue weighted by Crippen LogP contribution is 2.51. The summed E-state index contributed by atoms with van der Waals surface area (Å²) < 4.78 is 38.3. The third-order valence-corrected chi connectivity index (χ3v) is 9.50.